The van der Waals surface area contributed by atoms with Gasteiger partial charge in [0.05, 0.1) is 11.5 Å². The second-order valence-corrected chi connectivity index (χ2v) is 9.75. The maximum absolute atomic E-state index is 12.5. The molecule has 0 aliphatic rings. The zero-order valence-corrected chi connectivity index (χ0v) is 17.8. The van der Waals surface area contributed by atoms with Crippen LogP contribution in [0.4, 0.5) is 5.69 Å². The van der Waals surface area contributed by atoms with Crippen LogP contribution < -0.4 is 14.8 Å². The van der Waals surface area contributed by atoms with Crippen LogP contribution in [0.25, 0.3) is 0 Å². The fourth-order valence-electron chi connectivity index (χ4n) is 2.37. The van der Waals surface area contributed by atoms with Crippen molar-refractivity contribution >= 4 is 21.6 Å². The molecule has 6 nitrogen and oxygen atoms in total. The van der Waals surface area contributed by atoms with Crippen molar-refractivity contribution in [3.05, 3.63) is 54.1 Å². The Balaban J connectivity index is 2.08. The molecule has 7 heteroatoms. The molecule has 0 bridgehead atoms. The normalized spacial score (nSPS) is 12.1. The van der Waals surface area contributed by atoms with Crippen LogP contribution >= 0.6 is 0 Å². The summed E-state index contributed by atoms with van der Waals surface area (Å²) in [4.78, 5) is 12.6. The molecule has 0 aliphatic carbocycles. The summed E-state index contributed by atoms with van der Waals surface area (Å²) in [5.74, 6) is 0.731. The highest BCUT2D eigenvalue weighted by Crippen LogP contribution is 2.19. The van der Waals surface area contributed by atoms with Crippen molar-refractivity contribution in [2.45, 2.75) is 45.1 Å². The standard InChI is InChI=1S/C21H28N2O4S/c1-15(2)14-27-18-8-6-7-16(13-18)20(24)22-17-9-11-19(12-10-17)28(25,26)23-21(3,4)5/h6-13,15,23H,14H2,1-5H3,(H,22,24). The Morgan fingerprint density at radius 1 is 1.07 bits per heavy atom. The van der Waals surface area contributed by atoms with E-state index in [1.54, 1.807) is 57.2 Å². The van der Waals surface area contributed by atoms with Crippen molar-refractivity contribution in [3.8, 4) is 5.75 Å². The van der Waals surface area contributed by atoms with Crippen molar-refractivity contribution < 1.29 is 17.9 Å². The molecule has 2 aromatic rings. The third-order valence-electron chi connectivity index (χ3n) is 3.54. The lowest BCUT2D eigenvalue weighted by atomic mass is 10.1. The summed E-state index contributed by atoms with van der Waals surface area (Å²) < 4.78 is 32.9. The van der Waals surface area contributed by atoms with E-state index in [0.717, 1.165) is 0 Å². The van der Waals surface area contributed by atoms with E-state index in [4.69, 9.17) is 4.74 Å². The Labute approximate surface area is 167 Å². The molecule has 2 N–H and O–H groups in total. The van der Waals surface area contributed by atoms with Crippen molar-refractivity contribution in [1.29, 1.82) is 0 Å². The van der Waals surface area contributed by atoms with Crippen molar-refractivity contribution in [2.24, 2.45) is 5.92 Å². The summed E-state index contributed by atoms with van der Waals surface area (Å²) in [5, 5.41) is 2.77. The molecule has 2 aromatic carbocycles. The van der Waals surface area contributed by atoms with Crippen LogP contribution in [0.1, 0.15) is 45.0 Å². The molecule has 0 aliphatic heterocycles. The lowest BCUT2D eigenvalue weighted by molar-refractivity contribution is 0.102. The van der Waals surface area contributed by atoms with Crippen LogP contribution in [0.2, 0.25) is 0 Å². The number of hydrogen-bond acceptors (Lipinski definition) is 4. The molecule has 28 heavy (non-hydrogen) atoms. The smallest absolute Gasteiger partial charge is 0.255 e. The number of nitrogens with one attached hydrogen (secondary N) is 2. The Kier molecular flexibility index (Phi) is 6.85. The van der Waals surface area contributed by atoms with Crippen LogP contribution in [0, 0.1) is 5.92 Å². The number of rotatable bonds is 7. The second-order valence-electron chi connectivity index (χ2n) is 8.07. The average molecular weight is 405 g/mol. The molecule has 2 rings (SSSR count). The van der Waals surface area contributed by atoms with Gasteiger partial charge in [0, 0.05) is 16.8 Å². The number of benzene rings is 2. The zero-order chi connectivity index (χ0) is 20.9. The zero-order valence-electron chi connectivity index (χ0n) is 16.9. The highest BCUT2D eigenvalue weighted by molar-refractivity contribution is 7.89. The summed E-state index contributed by atoms with van der Waals surface area (Å²) in [6.45, 7) is 10.0. The summed E-state index contributed by atoms with van der Waals surface area (Å²) in [5.41, 5.74) is 0.398. The lowest BCUT2D eigenvalue weighted by Crippen LogP contribution is -2.40. The molecule has 0 saturated carbocycles. The van der Waals surface area contributed by atoms with Crippen LogP contribution in [0.3, 0.4) is 0 Å². The molecule has 0 fully saturated rings. The number of hydrogen-bond donors (Lipinski definition) is 2. The van der Waals surface area contributed by atoms with Gasteiger partial charge in [-0.1, -0.05) is 19.9 Å². The Morgan fingerprint density at radius 3 is 2.29 bits per heavy atom. The largest absolute Gasteiger partial charge is 0.493 e. The van der Waals surface area contributed by atoms with E-state index in [1.165, 1.54) is 12.1 Å². The molecule has 152 valence electrons. The van der Waals surface area contributed by atoms with E-state index < -0.39 is 15.6 Å². The molecule has 0 unspecified atom stereocenters. The summed E-state index contributed by atoms with van der Waals surface area (Å²) >= 11 is 0. The van der Waals surface area contributed by atoms with Gasteiger partial charge in [0.25, 0.3) is 5.91 Å². The predicted octanol–water partition coefficient (Wildman–Crippen LogP) is 4.05. The van der Waals surface area contributed by atoms with E-state index in [-0.39, 0.29) is 10.8 Å². The van der Waals surface area contributed by atoms with Crippen molar-refractivity contribution in [3.63, 3.8) is 0 Å². The minimum Gasteiger partial charge on any atom is -0.493 e. The summed E-state index contributed by atoms with van der Waals surface area (Å²) in [6.07, 6.45) is 0. The lowest BCUT2D eigenvalue weighted by Gasteiger charge is -2.20. The molecular formula is C21H28N2O4S. The summed E-state index contributed by atoms with van der Waals surface area (Å²) in [7, 11) is -3.61. The average Bonchev–Trinajstić information content (AvgIpc) is 2.58. The van der Waals surface area contributed by atoms with Crippen molar-refractivity contribution in [2.75, 3.05) is 11.9 Å². The van der Waals surface area contributed by atoms with Crippen LogP contribution in [0.5, 0.6) is 5.75 Å². The van der Waals surface area contributed by atoms with Crippen LogP contribution in [-0.4, -0.2) is 26.5 Å². The first-order valence-corrected chi connectivity index (χ1v) is 10.6. The monoisotopic (exact) mass is 404 g/mol. The fraction of sp³-hybridized carbons (Fsp3) is 0.381. The molecular weight excluding hydrogens is 376 g/mol. The number of sulfonamides is 1. The van der Waals surface area contributed by atoms with Gasteiger partial charge in [-0.05, 0) is 69.2 Å². The Morgan fingerprint density at radius 2 is 1.71 bits per heavy atom. The molecule has 0 saturated heterocycles. The van der Waals surface area contributed by atoms with Gasteiger partial charge < -0.3 is 10.1 Å². The number of carbonyl (C=O) groups excluding carboxylic acids is 1. The minimum atomic E-state index is -3.61. The third-order valence-corrected chi connectivity index (χ3v) is 5.32. The van der Waals surface area contributed by atoms with Gasteiger partial charge in [-0.15, -0.1) is 0 Å². The van der Waals surface area contributed by atoms with Gasteiger partial charge in [0.1, 0.15) is 5.75 Å². The molecule has 0 spiro atoms. The second kappa shape index (κ2) is 8.75. The topological polar surface area (TPSA) is 84.5 Å². The van der Waals surface area contributed by atoms with Gasteiger partial charge in [0.15, 0.2) is 0 Å². The molecule has 0 aromatic heterocycles. The van der Waals surface area contributed by atoms with Gasteiger partial charge in [0.2, 0.25) is 10.0 Å². The Hall–Kier alpha value is -2.38. The van der Waals surface area contributed by atoms with Crippen LogP contribution in [-0.2, 0) is 10.0 Å². The summed E-state index contributed by atoms with van der Waals surface area (Å²) in [6, 6.07) is 13.0. The maximum atomic E-state index is 12.5. The number of amides is 1. The minimum absolute atomic E-state index is 0.143. The quantitative estimate of drug-likeness (QED) is 0.729. The van der Waals surface area contributed by atoms with Crippen LogP contribution in [0.15, 0.2) is 53.4 Å². The van der Waals surface area contributed by atoms with E-state index in [9.17, 15) is 13.2 Å². The number of anilines is 1. The first-order chi connectivity index (χ1) is 13.0. The van der Waals surface area contributed by atoms with Crippen molar-refractivity contribution in [1.82, 2.24) is 4.72 Å². The highest BCUT2D eigenvalue weighted by Gasteiger charge is 2.21. The molecule has 0 atom stereocenters. The van der Waals surface area contributed by atoms with Gasteiger partial charge >= 0.3 is 0 Å². The number of carbonyl (C=O) groups is 1. The van der Waals surface area contributed by atoms with E-state index in [2.05, 4.69) is 23.9 Å². The van der Waals surface area contributed by atoms with E-state index in [1.807, 2.05) is 0 Å². The van der Waals surface area contributed by atoms with E-state index in [0.29, 0.717) is 29.5 Å². The van der Waals surface area contributed by atoms with Gasteiger partial charge in [-0.3, -0.25) is 4.79 Å². The Bertz CT molecular complexity index is 914. The fourth-order valence-corrected chi connectivity index (χ4v) is 3.79. The third kappa shape index (κ3) is 6.65. The highest BCUT2D eigenvalue weighted by atomic mass is 32.2. The molecule has 0 radical (unpaired) electrons. The molecule has 0 heterocycles. The van der Waals surface area contributed by atoms with E-state index >= 15 is 0 Å². The predicted molar refractivity (Wildman–Crippen MR) is 111 cm³/mol. The maximum Gasteiger partial charge on any atom is 0.255 e. The first kappa shape index (κ1) is 21.9. The molecule has 1 amide bonds. The van der Waals surface area contributed by atoms with Gasteiger partial charge in [-0.25, -0.2) is 13.1 Å². The van der Waals surface area contributed by atoms with Gasteiger partial charge in [-0.2, -0.15) is 0 Å². The first-order valence-electron chi connectivity index (χ1n) is 9.14. The SMILES string of the molecule is CC(C)COc1cccc(C(=O)Nc2ccc(S(=O)(=O)NC(C)(C)C)cc2)c1. The number of ether oxygens (including phenoxy) is 1.